The van der Waals surface area contributed by atoms with Crippen molar-refractivity contribution in [2.45, 2.75) is 15.7 Å². The van der Waals surface area contributed by atoms with Gasteiger partial charge in [-0.05, 0) is 11.5 Å². The van der Waals surface area contributed by atoms with Gasteiger partial charge in [0.1, 0.15) is 6.23 Å². The summed E-state index contributed by atoms with van der Waals surface area (Å²) >= 11 is 4.15. The lowest BCUT2D eigenvalue weighted by Crippen LogP contribution is -2.44. The van der Waals surface area contributed by atoms with E-state index in [-0.39, 0.29) is 5.91 Å². The Morgan fingerprint density at radius 2 is 1.84 bits per heavy atom. The zero-order chi connectivity index (χ0) is 17.5. The molecule has 2 fully saturated rings. The SMILES string of the molecule is O=C(CSc1nc(SCC(O)N2CCOCC2)ns1)N1CCOCC1. The lowest BCUT2D eigenvalue weighted by atomic mass is 10.4. The van der Waals surface area contributed by atoms with E-state index in [2.05, 4.69) is 9.36 Å². The Hall–Kier alpha value is -0.430. The van der Waals surface area contributed by atoms with E-state index < -0.39 is 6.23 Å². The summed E-state index contributed by atoms with van der Waals surface area (Å²) in [5, 5.41) is 10.8. The van der Waals surface area contributed by atoms with Crippen molar-refractivity contribution in [3.05, 3.63) is 0 Å². The average Bonchev–Trinajstić information content (AvgIpc) is 3.13. The minimum atomic E-state index is -0.517. The van der Waals surface area contributed by atoms with Crippen LogP contribution < -0.4 is 0 Å². The lowest BCUT2D eigenvalue weighted by Gasteiger charge is -2.30. The van der Waals surface area contributed by atoms with Crippen molar-refractivity contribution in [3.8, 4) is 0 Å². The summed E-state index contributed by atoms with van der Waals surface area (Å²) in [6.07, 6.45) is -0.517. The molecule has 11 heteroatoms. The number of thioether (sulfide) groups is 2. The number of rotatable bonds is 7. The van der Waals surface area contributed by atoms with Crippen LogP contribution in [-0.2, 0) is 14.3 Å². The standard InChI is InChI=1S/C14H22N4O4S3/c19-11(17-1-5-21-6-2-17)9-23-13-15-14(25-16-13)24-10-12(20)18-3-7-22-8-4-18/h11,19H,1-10H2. The summed E-state index contributed by atoms with van der Waals surface area (Å²) in [4.78, 5) is 20.4. The normalized spacial score (nSPS) is 20.6. The first kappa shape index (κ1) is 19.3. The van der Waals surface area contributed by atoms with Crippen molar-refractivity contribution in [2.24, 2.45) is 0 Å². The van der Waals surface area contributed by atoms with Crippen molar-refractivity contribution in [1.29, 1.82) is 0 Å². The molecule has 0 saturated carbocycles. The fourth-order valence-corrected chi connectivity index (χ4v) is 4.98. The number of aromatic nitrogens is 2. The van der Waals surface area contributed by atoms with Crippen LogP contribution in [0, 0.1) is 0 Å². The highest BCUT2D eigenvalue weighted by Crippen LogP contribution is 2.25. The molecule has 1 aromatic heterocycles. The van der Waals surface area contributed by atoms with Gasteiger partial charge in [0.15, 0.2) is 4.34 Å². The second-order valence-corrected chi connectivity index (χ2v) is 8.53. The number of hydrogen-bond acceptors (Lipinski definition) is 10. The van der Waals surface area contributed by atoms with Crippen molar-refractivity contribution < 1.29 is 19.4 Å². The van der Waals surface area contributed by atoms with Crippen LogP contribution in [-0.4, -0.2) is 101 Å². The van der Waals surface area contributed by atoms with Gasteiger partial charge in [-0.1, -0.05) is 23.5 Å². The van der Waals surface area contributed by atoms with Crippen molar-refractivity contribution in [2.75, 3.05) is 64.1 Å². The molecule has 1 N–H and O–H groups in total. The predicted molar refractivity (Wildman–Crippen MR) is 97.2 cm³/mol. The quantitative estimate of drug-likeness (QED) is 0.639. The van der Waals surface area contributed by atoms with Gasteiger partial charge in [-0.2, -0.15) is 4.37 Å². The van der Waals surface area contributed by atoms with E-state index in [0.717, 1.165) is 17.4 Å². The van der Waals surface area contributed by atoms with E-state index in [1.165, 1.54) is 35.1 Å². The predicted octanol–water partition coefficient (Wildman–Crippen LogP) is 0.232. The maximum atomic E-state index is 12.1. The van der Waals surface area contributed by atoms with E-state index in [0.29, 0.717) is 56.2 Å². The minimum absolute atomic E-state index is 0.112. The Balaban J connectivity index is 1.38. The summed E-state index contributed by atoms with van der Waals surface area (Å²) in [5.74, 6) is 1.00. The monoisotopic (exact) mass is 406 g/mol. The summed E-state index contributed by atoms with van der Waals surface area (Å²) in [5.41, 5.74) is 0. The summed E-state index contributed by atoms with van der Waals surface area (Å²) < 4.78 is 15.6. The van der Waals surface area contributed by atoms with Gasteiger partial charge in [0.25, 0.3) is 0 Å². The molecule has 1 aromatic rings. The van der Waals surface area contributed by atoms with Gasteiger partial charge in [0.2, 0.25) is 11.1 Å². The fraction of sp³-hybridized carbons (Fsp3) is 0.786. The molecule has 25 heavy (non-hydrogen) atoms. The molecule has 0 spiro atoms. The topological polar surface area (TPSA) is 88.0 Å². The van der Waals surface area contributed by atoms with Gasteiger partial charge < -0.3 is 19.5 Å². The van der Waals surface area contributed by atoms with Crippen LogP contribution in [0.25, 0.3) is 0 Å². The molecule has 3 heterocycles. The van der Waals surface area contributed by atoms with E-state index in [9.17, 15) is 9.90 Å². The molecule has 1 unspecified atom stereocenters. The number of carbonyl (C=O) groups excluding carboxylic acids is 1. The first-order chi connectivity index (χ1) is 12.2. The van der Waals surface area contributed by atoms with Crippen LogP contribution in [0.5, 0.6) is 0 Å². The van der Waals surface area contributed by atoms with Gasteiger partial charge in [0.05, 0.1) is 32.2 Å². The third kappa shape index (κ3) is 6.05. The van der Waals surface area contributed by atoms with Crippen LogP contribution in [0.2, 0.25) is 0 Å². The number of nitrogens with zero attached hydrogens (tertiary/aromatic N) is 4. The molecule has 3 rings (SSSR count). The van der Waals surface area contributed by atoms with Crippen molar-refractivity contribution >= 4 is 41.0 Å². The van der Waals surface area contributed by atoms with Crippen LogP contribution in [0.4, 0.5) is 0 Å². The second-order valence-electron chi connectivity index (χ2n) is 5.56. The van der Waals surface area contributed by atoms with Gasteiger partial charge in [-0.3, -0.25) is 9.69 Å². The Kier molecular flexibility index (Phi) is 7.77. The first-order valence-corrected chi connectivity index (χ1v) is 10.9. The van der Waals surface area contributed by atoms with E-state index in [4.69, 9.17) is 9.47 Å². The van der Waals surface area contributed by atoms with Crippen LogP contribution in [0.3, 0.4) is 0 Å². The zero-order valence-electron chi connectivity index (χ0n) is 13.8. The highest BCUT2D eigenvalue weighted by molar-refractivity contribution is 8.01. The molecule has 0 aromatic carbocycles. The smallest absolute Gasteiger partial charge is 0.233 e. The first-order valence-electron chi connectivity index (χ1n) is 8.17. The maximum absolute atomic E-state index is 12.1. The minimum Gasteiger partial charge on any atom is -0.379 e. The number of aliphatic hydroxyl groups excluding tert-OH is 1. The Labute approximate surface area is 159 Å². The van der Waals surface area contributed by atoms with Gasteiger partial charge in [-0.15, -0.1) is 0 Å². The fourth-order valence-electron chi connectivity index (χ4n) is 2.47. The number of ether oxygens (including phenoxy) is 2. The molecule has 1 amide bonds. The van der Waals surface area contributed by atoms with Crippen LogP contribution in [0.15, 0.2) is 9.50 Å². The van der Waals surface area contributed by atoms with E-state index in [1.807, 2.05) is 9.80 Å². The third-order valence-corrected chi connectivity index (χ3v) is 6.74. The van der Waals surface area contributed by atoms with Crippen molar-refractivity contribution in [3.63, 3.8) is 0 Å². The molecule has 1 atom stereocenters. The largest absolute Gasteiger partial charge is 0.379 e. The van der Waals surface area contributed by atoms with E-state index >= 15 is 0 Å². The van der Waals surface area contributed by atoms with Crippen molar-refractivity contribution in [1.82, 2.24) is 19.2 Å². The molecule has 2 aliphatic heterocycles. The third-order valence-electron chi connectivity index (χ3n) is 3.90. The Morgan fingerprint density at radius 3 is 2.56 bits per heavy atom. The molecule has 8 nitrogen and oxygen atoms in total. The molecular formula is C14H22N4O4S3. The molecule has 0 aliphatic carbocycles. The second kappa shape index (κ2) is 10.0. The number of aliphatic hydroxyl groups is 1. The van der Waals surface area contributed by atoms with E-state index in [1.54, 1.807) is 0 Å². The summed E-state index contributed by atoms with van der Waals surface area (Å²) in [6, 6.07) is 0. The molecule has 0 bridgehead atoms. The molecular weight excluding hydrogens is 384 g/mol. The number of carbonyl (C=O) groups is 1. The van der Waals surface area contributed by atoms with Crippen LogP contribution in [0.1, 0.15) is 0 Å². The Bertz CT molecular complexity index is 550. The molecule has 2 aliphatic rings. The highest BCUT2D eigenvalue weighted by atomic mass is 32.2. The maximum Gasteiger partial charge on any atom is 0.233 e. The number of hydrogen-bond donors (Lipinski definition) is 1. The zero-order valence-corrected chi connectivity index (χ0v) is 16.3. The number of morpholine rings is 2. The Morgan fingerprint density at radius 1 is 1.16 bits per heavy atom. The lowest BCUT2D eigenvalue weighted by molar-refractivity contribution is -0.132. The molecule has 140 valence electrons. The van der Waals surface area contributed by atoms with Gasteiger partial charge >= 0.3 is 0 Å². The average molecular weight is 407 g/mol. The summed E-state index contributed by atoms with van der Waals surface area (Å²) in [7, 11) is 0. The highest BCUT2D eigenvalue weighted by Gasteiger charge is 2.20. The number of amides is 1. The van der Waals surface area contributed by atoms with Gasteiger partial charge in [0, 0.05) is 31.9 Å². The summed E-state index contributed by atoms with van der Waals surface area (Å²) in [6.45, 7) is 5.37. The molecule has 2 saturated heterocycles. The molecule has 0 radical (unpaired) electrons. The van der Waals surface area contributed by atoms with Gasteiger partial charge in [-0.25, -0.2) is 4.98 Å². The van der Waals surface area contributed by atoms with Crippen LogP contribution >= 0.6 is 35.1 Å².